The molecule has 0 saturated heterocycles. The Morgan fingerprint density at radius 1 is 1.50 bits per heavy atom. The van der Waals surface area contributed by atoms with E-state index in [1.54, 1.807) is 0 Å². The smallest absolute Gasteiger partial charge is 0.239 e. The van der Waals surface area contributed by atoms with Crippen molar-refractivity contribution in [1.82, 2.24) is 0 Å². The Balaban J connectivity index is 4.84. The summed E-state index contributed by atoms with van der Waals surface area (Å²) in [5.74, 6) is -1.18. The van der Waals surface area contributed by atoms with E-state index in [1.165, 1.54) is 6.08 Å². The first-order valence-corrected chi connectivity index (χ1v) is 4.91. The molecular weight excluding hydrogens is 178 g/mol. The first kappa shape index (κ1) is 10.9. The maximum Gasteiger partial charge on any atom is 0.239 e. The molecule has 0 rings (SSSR count). The van der Waals surface area contributed by atoms with Gasteiger partial charge in [-0.2, -0.15) is 0 Å². The summed E-state index contributed by atoms with van der Waals surface area (Å²) in [5, 5.41) is -1.31. The van der Waals surface area contributed by atoms with Gasteiger partial charge >= 0.3 is 0 Å². The summed E-state index contributed by atoms with van der Waals surface area (Å²) < 4.78 is 22.3. The Labute approximate surface area is 71.7 Å². The predicted octanol–water partition coefficient (Wildman–Crippen LogP) is -0.373. The molecule has 0 bridgehead atoms. The Kier molecular flexibility index (Phi) is 3.69. The zero-order chi connectivity index (χ0) is 9.78. The predicted molar refractivity (Wildman–Crippen MR) is 47.2 cm³/mol. The summed E-state index contributed by atoms with van der Waals surface area (Å²) in [4.78, 5) is 10.6. The molecule has 2 N–H and O–H groups in total. The van der Waals surface area contributed by atoms with Crippen molar-refractivity contribution in [1.29, 1.82) is 0 Å². The van der Waals surface area contributed by atoms with E-state index in [9.17, 15) is 13.2 Å². The lowest BCUT2D eigenvalue weighted by atomic mass is 10.4. The molecule has 0 aliphatic rings. The van der Waals surface area contributed by atoms with E-state index >= 15 is 0 Å². The van der Waals surface area contributed by atoms with Crippen molar-refractivity contribution < 1.29 is 13.2 Å². The topological polar surface area (TPSA) is 77.2 Å². The highest BCUT2D eigenvalue weighted by Gasteiger charge is 2.25. The van der Waals surface area contributed by atoms with Crippen LogP contribution in [0.15, 0.2) is 25.3 Å². The van der Waals surface area contributed by atoms with Gasteiger partial charge in [0.2, 0.25) is 5.91 Å². The maximum atomic E-state index is 11.2. The van der Waals surface area contributed by atoms with Crippen molar-refractivity contribution in [3.8, 4) is 0 Å². The molecule has 1 amide bonds. The van der Waals surface area contributed by atoms with Crippen molar-refractivity contribution in [3.63, 3.8) is 0 Å². The molecule has 0 aromatic heterocycles. The molecule has 0 spiro atoms. The SMILES string of the molecule is C=CCS(=O)(=O)C(C=C)C(N)=O. The number of carbonyl (C=O) groups is 1. The van der Waals surface area contributed by atoms with Crippen molar-refractivity contribution in [3.05, 3.63) is 25.3 Å². The summed E-state index contributed by atoms with van der Waals surface area (Å²) in [6, 6.07) is 0. The van der Waals surface area contributed by atoms with E-state index in [2.05, 4.69) is 13.2 Å². The number of sulfone groups is 1. The van der Waals surface area contributed by atoms with Crippen LogP contribution in [0.4, 0.5) is 0 Å². The number of amides is 1. The van der Waals surface area contributed by atoms with E-state index < -0.39 is 21.0 Å². The van der Waals surface area contributed by atoms with Crippen LogP contribution in [0, 0.1) is 0 Å². The molecule has 68 valence electrons. The zero-order valence-corrected chi connectivity index (χ0v) is 7.38. The fraction of sp³-hybridized carbons (Fsp3) is 0.286. The van der Waals surface area contributed by atoms with E-state index in [0.29, 0.717) is 0 Å². The molecule has 1 unspecified atom stereocenters. The lowest BCUT2D eigenvalue weighted by Gasteiger charge is -2.06. The lowest BCUT2D eigenvalue weighted by Crippen LogP contribution is -2.35. The second kappa shape index (κ2) is 4.06. The van der Waals surface area contributed by atoms with Gasteiger partial charge < -0.3 is 5.73 Å². The van der Waals surface area contributed by atoms with Crippen molar-refractivity contribution in [2.24, 2.45) is 5.73 Å². The van der Waals surface area contributed by atoms with Crippen molar-refractivity contribution in [2.75, 3.05) is 5.75 Å². The summed E-state index contributed by atoms with van der Waals surface area (Å²) in [5.41, 5.74) is 4.84. The Bertz CT molecular complexity index is 292. The van der Waals surface area contributed by atoms with Crippen LogP contribution in [0.5, 0.6) is 0 Å². The third-order valence-electron chi connectivity index (χ3n) is 1.23. The molecule has 4 nitrogen and oxygen atoms in total. The minimum Gasteiger partial charge on any atom is -0.368 e. The molecule has 0 radical (unpaired) electrons. The van der Waals surface area contributed by atoms with Crippen LogP contribution in [0.3, 0.4) is 0 Å². The second-order valence-corrected chi connectivity index (χ2v) is 4.34. The summed E-state index contributed by atoms with van der Waals surface area (Å²) in [6.07, 6.45) is 2.22. The largest absolute Gasteiger partial charge is 0.368 e. The molecule has 1 atom stereocenters. The number of carbonyl (C=O) groups excluding carboxylic acids is 1. The van der Waals surface area contributed by atoms with Gasteiger partial charge in [-0.15, -0.1) is 13.2 Å². The second-order valence-electron chi connectivity index (χ2n) is 2.18. The van der Waals surface area contributed by atoms with Gasteiger partial charge in [0.1, 0.15) is 0 Å². The van der Waals surface area contributed by atoms with Crippen LogP contribution in [-0.2, 0) is 14.6 Å². The third kappa shape index (κ3) is 2.50. The quantitative estimate of drug-likeness (QED) is 0.599. The van der Waals surface area contributed by atoms with Gasteiger partial charge in [0.25, 0.3) is 0 Å². The number of hydrogen-bond acceptors (Lipinski definition) is 3. The molecule has 0 aliphatic carbocycles. The standard InChI is InChI=1S/C7H11NO3S/c1-3-5-12(10,11)6(4-2)7(8)9/h3-4,6H,1-2,5H2,(H2,8,9). The monoisotopic (exact) mass is 189 g/mol. The highest BCUT2D eigenvalue weighted by atomic mass is 32.2. The highest BCUT2D eigenvalue weighted by molar-refractivity contribution is 7.93. The van der Waals surface area contributed by atoms with Gasteiger partial charge in [0, 0.05) is 0 Å². The molecular formula is C7H11NO3S. The molecule has 0 saturated carbocycles. The number of rotatable bonds is 5. The van der Waals surface area contributed by atoms with Crippen LogP contribution >= 0.6 is 0 Å². The third-order valence-corrected chi connectivity index (χ3v) is 3.13. The normalized spacial score (nSPS) is 13.3. The molecule has 0 aromatic carbocycles. The minimum absolute atomic E-state index is 0.271. The fourth-order valence-electron chi connectivity index (χ4n) is 0.708. The summed E-state index contributed by atoms with van der Waals surface area (Å²) in [7, 11) is -3.53. The average molecular weight is 189 g/mol. The van der Waals surface area contributed by atoms with E-state index in [1.807, 2.05) is 0 Å². The highest BCUT2D eigenvalue weighted by Crippen LogP contribution is 2.03. The first-order chi connectivity index (χ1) is 5.45. The Morgan fingerprint density at radius 2 is 2.00 bits per heavy atom. The summed E-state index contributed by atoms with van der Waals surface area (Å²) >= 11 is 0. The Hall–Kier alpha value is -1.10. The number of hydrogen-bond donors (Lipinski definition) is 1. The lowest BCUT2D eigenvalue weighted by molar-refractivity contribution is -0.116. The van der Waals surface area contributed by atoms with Gasteiger partial charge in [-0.25, -0.2) is 8.42 Å². The van der Waals surface area contributed by atoms with Crippen LogP contribution < -0.4 is 5.73 Å². The van der Waals surface area contributed by atoms with Crippen LogP contribution in [0.25, 0.3) is 0 Å². The minimum atomic E-state index is -3.53. The molecule has 0 aromatic rings. The van der Waals surface area contributed by atoms with Gasteiger partial charge in [-0.3, -0.25) is 4.79 Å². The van der Waals surface area contributed by atoms with Crippen LogP contribution in [-0.4, -0.2) is 25.3 Å². The Morgan fingerprint density at radius 3 is 2.25 bits per heavy atom. The van der Waals surface area contributed by atoms with Crippen molar-refractivity contribution in [2.45, 2.75) is 5.25 Å². The van der Waals surface area contributed by atoms with Crippen molar-refractivity contribution >= 4 is 15.7 Å². The van der Waals surface area contributed by atoms with Gasteiger partial charge in [-0.05, 0) is 0 Å². The van der Waals surface area contributed by atoms with E-state index in [0.717, 1.165) is 6.08 Å². The average Bonchev–Trinajstić information content (AvgIpc) is 1.86. The van der Waals surface area contributed by atoms with Gasteiger partial charge in [0.15, 0.2) is 15.1 Å². The van der Waals surface area contributed by atoms with E-state index in [-0.39, 0.29) is 5.75 Å². The number of nitrogens with two attached hydrogens (primary N) is 1. The molecule has 0 heterocycles. The van der Waals surface area contributed by atoms with E-state index in [4.69, 9.17) is 5.73 Å². The molecule has 0 fully saturated rings. The fourth-order valence-corrected chi connectivity index (χ4v) is 1.89. The molecule has 0 aliphatic heterocycles. The van der Waals surface area contributed by atoms with Gasteiger partial charge in [0.05, 0.1) is 5.75 Å². The molecule has 5 heteroatoms. The molecule has 12 heavy (non-hydrogen) atoms. The van der Waals surface area contributed by atoms with Crippen LogP contribution in [0.1, 0.15) is 0 Å². The maximum absolute atomic E-state index is 11.2. The van der Waals surface area contributed by atoms with Gasteiger partial charge in [-0.1, -0.05) is 12.2 Å². The summed E-state index contributed by atoms with van der Waals surface area (Å²) in [6.45, 7) is 6.47. The first-order valence-electron chi connectivity index (χ1n) is 3.20. The van der Waals surface area contributed by atoms with Crippen LogP contribution in [0.2, 0.25) is 0 Å². The number of primary amides is 1. The zero-order valence-electron chi connectivity index (χ0n) is 6.56.